The number of hydrogen-bond donors (Lipinski definition) is 2. The summed E-state index contributed by atoms with van der Waals surface area (Å²) < 4.78 is 1.67. The van der Waals surface area contributed by atoms with E-state index in [0.717, 1.165) is 11.1 Å². The molecule has 0 saturated carbocycles. The maximum atomic E-state index is 11.4. The Kier molecular flexibility index (Phi) is 3.41. The van der Waals surface area contributed by atoms with Crippen molar-refractivity contribution in [2.45, 2.75) is 27.7 Å². The van der Waals surface area contributed by atoms with Gasteiger partial charge in [0.2, 0.25) is 0 Å². The zero-order valence-electron chi connectivity index (χ0n) is 12.5. The van der Waals surface area contributed by atoms with Gasteiger partial charge in [0.1, 0.15) is 5.56 Å². The molecule has 0 atom stereocenters. The van der Waals surface area contributed by atoms with Crippen molar-refractivity contribution < 1.29 is 9.90 Å². The number of carboxylic acids is 1. The first-order valence-corrected chi connectivity index (χ1v) is 6.50. The predicted molar refractivity (Wildman–Crippen MR) is 78.2 cm³/mol. The molecular formula is C14H20N4O2. The van der Waals surface area contributed by atoms with Gasteiger partial charge in [0.05, 0.1) is 16.8 Å². The van der Waals surface area contributed by atoms with Crippen LogP contribution in [0.1, 0.15) is 36.8 Å². The zero-order chi connectivity index (χ0) is 15.1. The average Bonchev–Trinajstić information content (AvgIpc) is 2.61. The van der Waals surface area contributed by atoms with Gasteiger partial charge in [-0.2, -0.15) is 5.10 Å². The van der Waals surface area contributed by atoms with E-state index in [0.29, 0.717) is 17.9 Å². The molecule has 0 radical (unpaired) electrons. The standard InChI is InChI=1S/C14H20N4O2/c1-8-10-11(16-7-14(2,3)4)9(13(19)20)6-15-12(10)18(5)17-8/h6H,7H2,1-5H3,(H,15,16)(H,19,20). The van der Waals surface area contributed by atoms with Gasteiger partial charge >= 0.3 is 5.97 Å². The van der Waals surface area contributed by atoms with E-state index in [1.807, 2.05) is 6.92 Å². The summed E-state index contributed by atoms with van der Waals surface area (Å²) in [7, 11) is 1.80. The van der Waals surface area contributed by atoms with Crippen LogP contribution in [0, 0.1) is 12.3 Å². The lowest BCUT2D eigenvalue weighted by Crippen LogP contribution is -2.20. The lowest BCUT2D eigenvalue weighted by molar-refractivity contribution is 0.0697. The summed E-state index contributed by atoms with van der Waals surface area (Å²) in [6, 6.07) is 0. The number of aromatic carboxylic acids is 1. The van der Waals surface area contributed by atoms with E-state index in [4.69, 9.17) is 0 Å². The second-order valence-electron chi connectivity index (χ2n) is 6.17. The van der Waals surface area contributed by atoms with E-state index in [9.17, 15) is 9.90 Å². The number of anilines is 1. The van der Waals surface area contributed by atoms with E-state index in [1.165, 1.54) is 6.20 Å². The first-order chi connectivity index (χ1) is 9.20. The molecule has 20 heavy (non-hydrogen) atoms. The molecule has 0 fully saturated rings. The summed E-state index contributed by atoms with van der Waals surface area (Å²) >= 11 is 0. The molecule has 0 aliphatic rings. The van der Waals surface area contributed by atoms with Gasteiger partial charge in [-0.15, -0.1) is 0 Å². The molecule has 2 N–H and O–H groups in total. The Hall–Kier alpha value is -2.11. The lowest BCUT2D eigenvalue weighted by atomic mass is 9.96. The Bertz CT molecular complexity index is 668. The normalized spacial score (nSPS) is 11.8. The van der Waals surface area contributed by atoms with Crippen LogP contribution in [0.3, 0.4) is 0 Å². The molecule has 0 unspecified atom stereocenters. The van der Waals surface area contributed by atoms with E-state index in [-0.39, 0.29) is 11.0 Å². The summed E-state index contributed by atoms with van der Waals surface area (Å²) in [5, 5.41) is 17.7. The zero-order valence-corrected chi connectivity index (χ0v) is 12.5. The predicted octanol–water partition coefficient (Wildman–Crippen LogP) is 2.43. The maximum absolute atomic E-state index is 11.4. The van der Waals surface area contributed by atoms with Crippen LogP contribution in [0.15, 0.2) is 6.20 Å². The number of nitrogens with one attached hydrogen (secondary N) is 1. The van der Waals surface area contributed by atoms with Crippen LogP contribution in [-0.4, -0.2) is 32.4 Å². The highest BCUT2D eigenvalue weighted by atomic mass is 16.4. The van der Waals surface area contributed by atoms with Crippen LogP contribution in [0.5, 0.6) is 0 Å². The van der Waals surface area contributed by atoms with Gasteiger partial charge in [-0.3, -0.25) is 4.68 Å². The number of rotatable bonds is 3. The number of pyridine rings is 1. The maximum Gasteiger partial charge on any atom is 0.339 e. The monoisotopic (exact) mass is 276 g/mol. The molecule has 2 rings (SSSR count). The Balaban J connectivity index is 2.62. The third kappa shape index (κ3) is 2.59. The topological polar surface area (TPSA) is 80.0 Å². The summed E-state index contributed by atoms with van der Waals surface area (Å²) in [6.45, 7) is 8.80. The first-order valence-electron chi connectivity index (χ1n) is 6.50. The van der Waals surface area contributed by atoms with Gasteiger partial charge in [0.25, 0.3) is 0 Å². The minimum Gasteiger partial charge on any atom is -0.478 e. The number of nitrogens with zero attached hydrogens (tertiary/aromatic N) is 3. The quantitative estimate of drug-likeness (QED) is 0.900. The minimum atomic E-state index is -0.987. The van der Waals surface area contributed by atoms with Crippen molar-refractivity contribution >= 4 is 22.7 Å². The average molecular weight is 276 g/mol. The van der Waals surface area contributed by atoms with Crippen LogP contribution >= 0.6 is 0 Å². The molecule has 0 saturated heterocycles. The summed E-state index contributed by atoms with van der Waals surface area (Å²) in [6.07, 6.45) is 1.39. The fraction of sp³-hybridized carbons (Fsp3) is 0.500. The van der Waals surface area contributed by atoms with Crippen LogP contribution in [0.25, 0.3) is 11.0 Å². The highest BCUT2D eigenvalue weighted by molar-refractivity contribution is 6.04. The fourth-order valence-electron chi connectivity index (χ4n) is 2.11. The lowest BCUT2D eigenvalue weighted by Gasteiger charge is -2.21. The first kappa shape index (κ1) is 14.3. The number of hydrogen-bond acceptors (Lipinski definition) is 4. The summed E-state index contributed by atoms with van der Waals surface area (Å²) in [5.41, 5.74) is 2.28. The Morgan fingerprint density at radius 3 is 2.65 bits per heavy atom. The van der Waals surface area contributed by atoms with Crippen LogP contribution in [-0.2, 0) is 7.05 Å². The Morgan fingerprint density at radius 2 is 2.10 bits per heavy atom. The molecule has 0 bridgehead atoms. The Morgan fingerprint density at radius 1 is 1.45 bits per heavy atom. The van der Waals surface area contributed by atoms with Gasteiger partial charge in [-0.25, -0.2) is 9.78 Å². The highest BCUT2D eigenvalue weighted by Crippen LogP contribution is 2.29. The third-order valence-electron chi connectivity index (χ3n) is 3.05. The molecule has 2 aromatic rings. The third-order valence-corrected chi connectivity index (χ3v) is 3.05. The van der Waals surface area contributed by atoms with Crippen molar-refractivity contribution in [3.8, 4) is 0 Å². The molecule has 2 aromatic heterocycles. The molecular weight excluding hydrogens is 256 g/mol. The number of carboxylic acid groups (broad SMARTS) is 1. The molecule has 6 nitrogen and oxygen atoms in total. The number of aryl methyl sites for hydroxylation is 2. The van der Waals surface area contributed by atoms with Crippen molar-refractivity contribution in [3.63, 3.8) is 0 Å². The van der Waals surface area contributed by atoms with Crippen LogP contribution in [0.2, 0.25) is 0 Å². The molecule has 0 aromatic carbocycles. The van der Waals surface area contributed by atoms with Crippen molar-refractivity contribution in [1.29, 1.82) is 0 Å². The second-order valence-corrected chi connectivity index (χ2v) is 6.17. The van der Waals surface area contributed by atoms with Crippen molar-refractivity contribution in [2.24, 2.45) is 12.5 Å². The van der Waals surface area contributed by atoms with Gasteiger partial charge in [-0.05, 0) is 12.3 Å². The molecule has 2 heterocycles. The highest BCUT2D eigenvalue weighted by Gasteiger charge is 2.20. The number of aromatic nitrogens is 3. The van der Waals surface area contributed by atoms with Crippen LogP contribution in [0.4, 0.5) is 5.69 Å². The summed E-state index contributed by atoms with van der Waals surface area (Å²) in [5.74, 6) is -0.987. The van der Waals surface area contributed by atoms with Gasteiger partial charge in [-0.1, -0.05) is 20.8 Å². The molecule has 108 valence electrons. The number of carbonyl (C=O) groups is 1. The smallest absolute Gasteiger partial charge is 0.339 e. The van der Waals surface area contributed by atoms with Gasteiger partial charge in [0.15, 0.2) is 5.65 Å². The van der Waals surface area contributed by atoms with Crippen molar-refractivity contribution in [1.82, 2.24) is 14.8 Å². The van der Waals surface area contributed by atoms with Crippen molar-refractivity contribution in [3.05, 3.63) is 17.5 Å². The van der Waals surface area contributed by atoms with Gasteiger partial charge < -0.3 is 10.4 Å². The molecule has 0 aliphatic heterocycles. The minimum absolute atomic E-state index is 0.0431. The van der Waals surface area contributed by atoms with Crippen molar-refractivity contribution in [2.75, 3.05) is 11.9 Å². The number of fused-ring (bicyclic) bond motifs is 1. The largest absolute Gasteiger partial charge is 0.478 e. The molecule has 0 aliphatic carbocycles. The molecule has 6 heteroatoms. The fourth-order valence-corrected chi connectivity index (χ4v) is 2.11. The van der Waals surface area contributed by atoms with E-state index < -0.39 is 5.97 Å². The van der Waals surface area contributed by atoms with E-state index >= 15 is 0 Å². The summed E-state index contributed by atoms with van der Waals surface area (Å²) in [4.78, 5) is 15.6. The molecule has 0 spiro atoms. The molecule has 0 amide bonds. The Labute approximate surface area is 117 Å². The van der Waals surface area contributed by atoms with Crippen LogP contribution < -0.4 is 5.32 Å². The SMILES string of the molecule is Cc1nn(C)c2ncc(C(=O)O)c(NCC(C)(C)C)c12. The second kappa shape index (κ2) is 4.77. The van der Waals surface area contributed by atoms with Gasteiger partial charge in [0, 0.05) is 19.8 Å². The van der Waals surface area contributed by atoms with E-state index in [2.05, 4.69) is 36.2 Å². The van der Waals surface area contributed by atoms with E-state index in [1.54, 1.807) is 11.7 Å².